The highest BCUT2D eigenvalue weighted by atomic mass is 32.2. The number of carbonyl (C=O) groups is 1. The van der Waals surface area contributed by atoms with Crippen molar-refractivity contribution in [3.05, 3.63) is 56.6 Å². The summed E-state index contributed by atoms with van der Waals surface area (Å²) in [6, 6.07) is 0.795. The van der Waals surface area contributed by atoms with Crippen molar-refractivity contribution in [2.75, 3.05) is 11.5 Å². The zero-order valence-electron chi connectivity index (χ0n) is 20.7. The van der Waals surface area contributed by atoms with Crippen LogP contribution in [0.4, 0.5) is 4.39 Å². The standard InChI is InChI=1S/C26H31FN6O3S/c27-16-13-20-23(28-14-16)32(19-8-11-37-12-9-19)26(36)33(25(20)35)18-6-4-17(5-7-18)29-24(34)21-15-31-10-2-1-3-22(31)30-21/h13-15,17-19H,1-12H2,(H,29,34). The summed E-state index contributed by atoms with van der Waals surface area (Å²) in [5.41, 5.74) is -0.116. The third kappa shape index (κ3) is 4.62. The molecule has 0 aromatic carbocycles. The lowest BCUT2D eigenvalue weighted by atomic mass is 9.90. The largest absolute Gasteiger partial charge is 0.348 e. The average Bonchev–Trinajstić information content (AvgIpc) is 3.36. The zero-order chi connectivity index (χ0) is 25.5. The minimum Gasteiger partial charge on any atom is -0.348 e. The van der Waals surface area contributed by atoms with Crippen LogP contribution < -0.4 is 16.6 Å². The fourth-order valence-electron chi connectivity index (χ4n) is 6.06. The van der Waals surface area contributed by atoms with Gasteiger partial charge in [0.15, 0.2) is 0 Å². The molecule has 196 valence electrons. The molecule has 3 aliphatic rings. The molecule has 1 aliphatic carbocycles. The number of pyridine rings is 1. The predicted molar refractivity (Wildman–Crippen MR) is 140 cm³/mol. The number of aryl methyl sites for hydroxylation is 2. The van der Waals surface area contributed by atoms with E-state index in [0.29, 0.717) is 31.4 Å². The minimum absolute atomic E-state index is 0.0460. The van der Waals surface area contributed by atoms with Crippen LogP contribution in [0.15, 0.2) is 28.0 Å². The first-order valence-corrected chi connectivity index (χ1v) is 14.4. The number of nitrogens with zero attached hydrogens (tertiary/aromatic N) is 5. The fourth-order valence-corrected chi connectivity index (χ4v) is 7.14. The van der Waals surface area contributed by atoms with E-state index in [-0.39, 0.29) is 40.8 Å². The van der Waals surface area contributed by atoms with Crippen molar-refractivity contribution in [1.82, 2.24) is 29.0 Å². The first kappa shape index (κ1) is 24.4. The van der Waals surface area contributed by atoms with E-state index in [2.05, 4.69) is 19.9 Å². The molecule has 2 aliphatic heterocycles. The number of fused-ring (bicyclic) bond motifs is 2. The highest BCUT2D eigenvalue weighted by Gasteiger charge is 2.30. The Morgan fingerprint density at radius 3 is 2.54 bits per heavy atom. The van der Waals surface area contributed by atoms with Crippen molar-refractivity contribution in [3.63, 3.8) is 0 Å². The number of hydrogen-bond acceptors (Lipinski definition) is 6. The van der Waals surface area contributed by atoms with Gasteiger partial charge in [0.25, 0.3) is 11.5 Å². The van der Waals surface area contributed by atoms with Gasteiger partial charge in [0.2, 0.25) is 0 Å². The molecule has 2 fully saturated rings. The topological polar surface area (TPSA) is 104 Å². The number of aromatic nitrogens is 5. The Morgan fingerprint density at radius 1 is 1.03 bits per heavy atom. The summed E-state index contributed by atoms with van der Waals surface area (Å²) in [4.78, 5) is 48.7. The molecule has 11 heteroatoms. The Bertz CT molecular complexity index is 1430. The lowest BCUT2D eigenvalue weighted by molar-refractivity contribution is 0.0917. The number of imidazole rings is 1. The van der Waals surface area contributed by atoms with Gasteiger partial charge in [-0.25, -0.2) is 19.2 Å². The molecular weight excluding hydrogens is 495 g/mol. The summed E-state index contributed by atoms with van der Waals surface area (Å²) in [6.45, 7) is 0.901. The van der Waals surface area contributed by atoms with E-state index in [9.17, 15) is 18.8 Å². The molecule has 0 radical (unpaired) electrons. The molecular formula is C26H31FN6O3S. The lowest BCUT2D eigenvalue weighted by Crippen LogP contribution is -2.46. The number of rotatable bonds is 4. The summed E-state index contributed by atoms with van der Waals surface area (Å²) < 4.78 is 19.1. The van der Waals surface area contributed by atoms with E-state index < -0.39 is 11.4 Å². The summed E-state index contributed by atoms with van der Waals surface area (Å²) in [7, 11) is 0. The molecule has 6 rings (SSSR count). The molecule has 37 heavy (non-hydrogen) atoms. The Kier molecular flexibility index (Phi) is 6.64. The number of thioether (sulfide) groups is 1. The van der Waals surface area contributed by atoms with E-state index in [4.69, 9.17) is 0 Å². The predicted octanol–water partition coefficient (Wildman–Crippen LogP) is 3.21. The number of carbonyl (C=O) groups excluding carboxylic acids is 1. The first-order valence-electron chi connectivity index (χ1n) is 13.3. The molecule has 3 aromatic rings. The van der Waals surface area contributed by atoms with Crippen molar-refractivity contribution in [1.29, 1.82) is 0 Å². The number of halogens is 1. The van der Waals surface area contributed by atoms with E-state index in [0.717, 1.165) is 62.2 Å². The van der Waals surface area contributed by atoms with Crippen LogP contribution in [0.2, 0.25) is 0 Å². The average molecular weight is 527 g/mol. The van der Waals surface area contributed by atoms with Gasteiger partial charge in [0, 0.05) is 37.3 Å². The van der Waals surface area contributed by atoms with Crippen LogP contribution in [0.3, 0.4) is 0 Å². The van der Waals surface area contributed by atoms with Gasteiger partial charge in [0.1, 0.15) is 23.0 Å². The summed E-state index contributed by atoms with van der Waals surface area (Å²) in [5.74, 6) is 2.07. The van der Waals surface area contributed by atoms with Gasteiger partial charge in [-0.05, 0) is 68.9 Å². The Morgan fingerprint density at radius 2 is 1.78 bits per heavy atom. The maximum Gasteiger partial charge on any atom is 0.333 e. The second-order valence-corrected chi connectivity index (χ2v) is 11.6. The second kappa shape index (κ2) is 10.1. The van der Waals surface area contributed by atoms with Crippen molar-refractivity contribution in [2.45, 2.75) is 82.5 Å². The lowest BCUT2D eigenvalue weighted by Gasteiger charge is -2.31. The quantitative estimate of drug-likeness (QED) is 0.560. The third-order valence-electron chi connectivity index (χ3n) is 8.02. The van der Waals surface area contributed by atoms with Crippen LogP contribution in [-0.4, -0.2) is 47.1 Å². The van der Waals surface area contributed by atoms with Gasteiger partial charge in [-0.2, -0.15) is 11.8 Å². The molecule has 5 heterocycles. The normalized spacial score (nSPS) is 22.6. The van der Waals surface area contributed by atoms with E-state index in [1.807, 2.05) is 18.0 Å². The van der Waals surface area contributed by atoms with Crippen LogP contribution in [0, 0.1) is 5.82 Å². The third-order valence-corrected chi connectivity index (χ3v) is 9.07. The molecule has 9 nitrogen and oxygen atoms in total. The maximum absolute atomic E-state index is 14.1. The Balaban J connectivity index is 1.23. The van der Waals surface area contributed by atoms with Gasteiger partial charge in [-0.1, -0.05) is 0 Å². The monoisotopic (exact) mass is 526 g/mol. The van der Waals surface area contributed by atoms with Crippen molar-refractivity contribution in [2.24, 2.45) is 0 Å². The van der Waals surface area contributed by atoms with Gasteiger partial charge < -0.3 is 9.88 Å². The number of hydrogen-bond donors (Lipinski definition) is 1. The summed E-state index contributed by atoms with van der Waals surface area (Å²) in [5, 5.41) is 3.25. The fraction of sp³-hybridized carbons (Fsp3) is 0.577. The van der Waals surface area contributed by atoms with Crippen molar-refractivity contribution < 1.29 is 9.18 Å². The molecule has 0 unspecified atom stereocenters. The van der Waals surface area contributed by atoms with Gasteiger partial charge in [-0.3, -0.25) is 18.7 Å². The Labute approximate surface area is 217 Å². The zero-order valence-corrected chi connectivity index (χ0v) is 21.5. The van der Waals surface area contributed by atoms with E-state index >= 15 is 0 Å². The molecule has 0 bridgehead atoms. The first-order chi connectivity index (χ1) is 18.0. The highest BCUT2D eigenvalue weighted by Crippen LogP contribution is 2.30. The van der Waals surface area contributed by atoms with Crippen LogP contribution in [0.1, 0.15) is 79.8 Å². The van der Waals surface area contributed by atoms with Gasteiger partial charge in [0.05, 0.1) is 11.6 Å². The van der Waals surface area contributed by atoms with Crippen LogP contribution >= 0.6 is 11.8 Å². The molecule has 0 atom stereocenters. The van der Waals surface area contributed by atoms with E-state index in [1.54, 1.807) is 4.57 Å². The van der Waals surface area contributed by atoms with Crippen molar-refractivity contribution in [3.8, 4) is 0 Å². The molecule has 1 saturated carbocycles. The minimum atomic E-state index is -0.590. The number of amides is 1. The van der Waals surface area contributed by atoms with Gasteiger partial charge >= 0.3 is 5.69 Å². The molecule has 1 N–H and O–H groups in total. The maximum atomic E-state index is 14.1. The summed E-state index contributed by atoms with van der Waals surface area (Å²) in [6.07, 6.45) is 10.1. The summed E-state index contributed by atoms with van der Waals surface area (Å²) >= 11 is 1.85. The Hall–Kier alpha value is -2.95. The van der Waals surface area contributed by atoms with Crippen LogP contribution in [0.25, 0.3) is 11.0 Å². The smallest absolute Gasteiger partial charge is 0.333 e. The highest BCUT2D eigenvalue weighted by molar-refractivity contribution is 7.99. The van der Waals surface area contributed by atoms with Crippen molar-refractivity contribution >= 4 is 28.7 Å². The molecule has 1 amide bonds. The molecule has 1 saturated heterocycles. The van der Waals surface area contributed by atoms with Crippen LogP contribution in [0.5, 0.6) is 0 Å². The molecule has 0 spiro atoms. The number of nitrogens with one attached hydrogen (secondary N) is 1. The van der Waals surface area contributed by atoms with E-state index in [1.165, 1.54) is 10.6 Å². The van der Waals surface area contributed by atoms with Crippen LogP contribution in [-0.2, 0) is 13.0 Å². The SMILES string of the molecule is O=C(NC1CCC(n2c(=O)c3cc(F)cnc3n(C3CCSCC3)c2=O)CC1)c1cn2c(n1)CCCC2. The van der Waals surface area contributed by atoms with Gasteiger partial charge in [-0.15, -0.1) is 0 Å². The second-order valence-electron chi connectivity index (χ2n) is 10.4. The molecule has 3 aromatic heterocycles.